The first kappa shape index (κ1) is 11.6. The fourth-order valence-corrected chi connectivity index (χ4v) is 0.262. The van der Waals surface area contributed by atoms with Gasteiger partial charge in [0.1, 0.15) is 6.42 Å². The maximum Gasteiger partial charge on any atom is 0.316 e. The van der Waals surface area contributed by atoms with E-state index in [0.29, 0.717) is 0 Å². The Kier molecular flexibility index (Phi) is 6.98. The normalized spacial score (nSPS) is 7.40. The number of hydrogen-bond acceptors (Lipinski definition) is 4. The highest BCUT2D eigenvalue weighted by Gasteiger charge is 2.07. The molecular formula is C5H9FO4. The van der Waals surface area contributed by atoms with Crippen molar-refractivity contribution >= 4 is 11.9 Å². The van der Waals surface area contributed by atoms with Gasteiger partial charge in [0.25, 0.3) is 0 Å². The van der Waals surface area contributed by atoms with Crippen LogP contribution in [-0.4, -0.2) is 26.2 Å². The zero-order valence-electron chi connectivity index (χ0n) is 5.75. The van der Waals surface area contributed by atoms with Gasteiger partial charge in [0.15, 0.2) is 0 Å². The minimum Gasteiger partial charge on any atom is -0.469 e. The van der Waals surface area contributed by atoms with Crippen molar-refractivity contribution < 1.29 is 23.8 Å². The van der Waals surface area contributed by atoms with Gasteiger partial charge in [-0.15, -0.1) is 0 Å². The smallest absolute Gasteiger partial charge is 0.316 e. The topological polar surface area (TPSA) is 52.6 Å². The second-order valence-electron chi connectivity index (χ2n) is 1.33. The Morgan fingerprint density at radius 2 is 1.40 bits per heavy atom. The molecule has 0 rings (SSSR count). The molecule has 60 valence electrons. The average molecular weight is 152 g/mol. The van der Waals surface area contributed by atoms with Crippen LogP contribution in [-0.2, 0) is 19.1 Å². The van der Waals surface area contributed by atoms with Gasteiger partial charge in [0.2, 0.25) is 0 Å². The predicted molar refractivity (Wildman–Crippen MR) is 31.2 cm³/mol. The molecule has 0 spiro atoms. The van der Waals surface area contributed by atoms with Gasteiger partial charge < -0.3 is 9.47 Å². The van der Waals surface area contributed by atoms with Crippen LogP contribution in [0, 0.1) is 0 Å². The Balaban J connectivity index is 0. The molecule has 0 amide bonds. The molecule has 0 radical (unpaired) electrons. The number of carbonyl (C=O) groups excluding carboxylic acids is 2. The molecule has 10 heavy (non-hydrogen) atoms. The number of hydrogen-bond donors (Lipinski definition) is 0. The third-order valence-corrected chi connectivity index (χ3v) is 0.744. The summed E-state index contributed by atoms with van der Waals surface area (Å²) < 4.78 is 8.37. The summed E-state index contributed by atoms with van der Waals surface area (Å²) in [6, 6.07) is 0. The standard InChI is InChI=1S/C5H8O4.FH/c1-8-4(6)3-5(7)9-2;/h3H2,1-2H3;1H. The van der Waals surface area contributed by atoms with E-state index in [1.54, 1.807) is 0 Å². The Labute approximate surface area is 57.5 Å². The monoisotopic (exact) mass is 152 g/mol. The third-order valence-electron chi connectivity index (χ3n) is 0.744. The molecule has 0 aliphatic rings. The lowest BCUT2D eigenvalue weighted by Crippen LogP contribution is -2.09. The molecule has 0 heterocycles. The lowest BCUT2D eigenvalue weighted by atomic mass is 10.4. The summed E-state index contributed by atoms with van der Waals surface area (Å²) in [7, 11) is 2.43. The van der Waals surface area contributed by atoms with E-state index in [9.17, 15) is 9.59 Å². The highest BCUT2D eigenvalue weighted by molar-refractivity contribution is 5.90. The van der Waals surface area contributed by atoms with E-state index in [1.807, 2.05) is 0 Å². The zero-order valence-corrected chi connectivity index (χ0v) is 5.75. The molecule has 0 aromatic carbocycles. The zero-order chi connectivity index (χ0) is 7.28. The van der Waals surface area contributed by atoms with Crippen molar-refractivity contribution in [1.82, 2.24) is 0 Å². The van der Waals surface area contributed by atoms with E-state index < -0.39 is 11.9 Å². The lowest BCUT2D eigenvalue weighted by Gasteiger charge is -1.95. The molecule has 0 saturated carbocycles. The molecule has 0 aliphatic heterocycles. The van der Waals surface area contributed by atoms with Gasteiger partial charge in [-0.25, -0.2) is 0 Å². The summed E-state index contributed by atoms with van der Waals surface area (Å²) in [6.45, 7) is 0. The van der Waals surface area contributed by atoms with Crippen LogP contribution in [0.1, 0.15) is 6.42 Å². The van der Waals surface area contributed by atoms with E-state index in [2.05, 4.69) is 9.47 Å². The van der Waals surface area contributed by atoms with Crippen LogP contribution in [0.4, 0.5) is 4.70 Å². The lowest BCUT2D eigenvalue weighted by molar-refractivity contribution is -0.151. The molecule has 0 aliphatic carbocycles. The molecule has 0 aromatic rings. The summed E-state index contributed by atoms with van der Waals surface area (Å²) in [4.78, 5) is 20.5. The maximum absolute atomic E-state index is 10.3. The van der Waals surface area contributed by atoms with Gasteiger partial charge in [-0.1, -0.05) is 0 Å². The van der Waals surface area contributed by atoms with Crippen LogP contribution in [0.3, 0.4) is 0 Å². The summed E-state index contributed by atoms with van der Waals surface area (Å²) >= 11 is 0. The van der Waals surface area contributed by atoms with Gasteiger partial charge in [0.05, 0.1) is 14.2 Å². The number of carbonyl (C=O) groups is 2. The predicted octanol–water partition coefficient (Wildman–Crippen LogP) is -0.125. The van der Waals surface area contributed by atoms with E-state index in [-0.39, 0.29) is 11.1 Å². The molecule has 0 atom stereocenters. The molecular weight excluding hydrogens is 143 g/mol. The van der Waals surface area contributed by atoms with Crippen molar-refractivity contribution in [3.05, 3.63) is 0 Å². The van der Waals surface area contributed by atoms with E-state index in [0.717, 1.165) is 0 Å². The van der Waals surface area contributed by atoms with E-state index in [4.69, 9.17) is 0 Å². The number of halogens is 1. The van der Waals surface area contributed by atoms with E-state index in [1.165, 1.54) is 14.2 Å². The first-order valence-electron chi connectivity index (χ1n) is 2.34. The van der Waals surface area contributed by atoms with Crippen LogP contribution in [0.15, 0.2) is 0 Å². The van der Waals surface area contributed by atoms with Crippen molar-refractivity contribution in [2.24, 2.45) is 0 Å². The largest absolute Gasteiger partial charge is 0.469 e. The molecule has 5 heteroatoms. The number of rotatable bonds is 2. The second kappa shape index (κ2) is 6.00. The van der Waals surface area contributed by atoms with Gasteiger partial charge in [-0.2, -0.15) is 0 Å². The van der Waals surface area contributed by atoms with Crippen molar-refractivity contribution in [2.45, 2.75) is 6.42 Å². The van der Waals surface area contributed by atoms with Crippen LogP contribution in [0.2, 0.25) is 0 Å². The van der Waals surface area contributed by atoms with Gasteiger partial charge >= 0.3 is 11.9 Å². The third kappa shape index (κ3) is 5.02. The summed E-state index contributed by atoms with van der Waals surface area (Å²) in [5.41, 5.74) is 0. The Morgan fingerprint density at radius 3 is 1.60 bits per heavy atom. The average Bonchev–Trinajstić information content (AvgIpc) is 1.87. The van der Waals surface area contributed by atoms with Crippen LogP contribution >= 0.6 is 0 Å². The minimum atomic E-state index is -0.582. The Bertz CT molecular complexity index is 109. The molecule has 0 fully saturated rings. The molecule has 0 saturated heterocycles. The second-order valence-corrected chi connectivity index (χ2v) is 1.33. The number of ether oxygens (including phenoxy) is 2. The molecule has 0 bridgehead atoms. The minimum absolute atomic E-state index is 0. The van der Waals surface area contributed by atoms with Crippen LogP contribution in [0.25, 0.3) is 0 Å². The quantitative estimate of drug-likeness (QED) is 0.408. The number of methoxy groups -OCH3 is 2. The number of esters is 2. The van der Waals surface area contributed by atoms with Gasteiger partial charge in [-0.3, -0.25) is 14.3 Å². The molecule has 4 nitrogen and oxygen atoms in total. The SMILES string of the molecule is COC(=O)CC(=O)OC.F. The first-order valence-corrected chi connectivity index (χ1v) is 2.34. The van der Waals surface area contributed by atoms with Gasteiger partial charge in [-0.05, 0) is 0 Å². The van der Waals surface area contributed by atoms with Crippen molar-refractivity contribution in [1.29, 1.82) is 0 Å². The van der Waals surface area contributed by atoms with Crippen molar-refractivity contribution in [3.63, 3.8) is 0 Å². The highest BCUT2D eigenvalue weighted by Crippen LogP contribution is 1.85. The molecule has 0 aromatic heterocycles. The fraction of sp³-hybridized carbons (Fsp3) is 0.600. The Morgan fingerprint density at radius 1 is 1.10 bits per heavy atom. The summed E-state index contributed by atoms with van der Waals surface area (Å²) in [5, 5.41) is 0. The van der Waals surface area contributed by atoms with E-state index >= 15 is 0 Å². The fourth-order valence-electron chi connectivity index (χ4n) is 0.262. The Hall–Kier alpha value is -1.13. The highest BCUT2D eigenvalue weighted by atomic mass is 19.0. The summed E-state index contributed by atoms with van der Waals surface area (Å²) in [5.74, 6) is -1.16. The van der Waals surface area contributed by atoms with Crippen LogP contribution in [0.5, 0.6) is 0 Å². The first-order chi connectivity index (χ1) is 4.20. The van der Waals surface area contributed by atoms with Crippen LogP contribution < -0.4 is 0 Å². The maximum atomic E-state index is 10.3. The summed E-state index contributed by atoms with van der Waals surface area (Å²) in [6.07, 6.45) is -0.312. The molecule has 0 N–H and O–H groups in total. The van der Waals surface area contributed by atoms with Crippen molar-refractivity contribution in [2.75, 3.05) is 14.2 Å². The molecule has 0 unspecified atom stereocenters. The van der Waals surface area contributed by atoms with Crippen molar-refractivity contribution in [3.8, 4) is 0 Å². The van der Waals surface area contributed by atoms with Gasteiger partial charge in [0, 0.05) is 0 Å².